The van der Waals surface area contributed by atoms with Crippen LogP contribution in [0.15, 0.2) is 0 Å². The first-order chi connectivity index (χ1) is 35.1. The molecule has 16 N–H and O–H groups in total. The molecule has 0 bridgehead atoms. The number of Topliss-reactive ketones (excluding diaryl/α,β-unsaturated/α-hetero) is 9. The number of amides is 1. The van der Waals surface area contributed by atoms with Crippen LogP contribution in [0.1, 0.15) is 137 Å². The summed E-state index contributed by atoms with van der Waals surface area (Å²) < 4.78 is 4.57. The topological polar surface area (TPSA) is 543 Å². The Kier molecular flexibility index (Phi) is 47.9. The first kappa shape index (κ1) is 78.0. The van der Waals surface area contributed by atoms with Gasteiger partial charge >= 0.3 is 35.8 Å². The molecular formula is C46H74N6O23S. The van der Waals surface area contributed by atoms with Gasteiger partial charge in [0.2, 0.25) is 40.5 Å². The van der Waals surface area contributed by atoms with Gasteiger partial charge < -0.3 is 64.3 Å². The standard InChI is InChI=1S/C10H15NO5.C9H16N2O4.C9H15NO5.C9H13NO5.C9H15NO4S/c1-6(12)9(14)8(13)5-3-2-4-7(11)10(15)16;1-6(12)8(13)11-5-3-2-4-7(10)9(14)15;1-6(11)9(14)15-5-3-2-4-7(10)8(12)13;1-5(11)8(13)7(12)4-2-3-6(10)9(14)15;1-6(11)9(14)15-5-3-2-4-7(10)8(12)13/h7H,2-5,11H2,1H3,(H,15,16);7H,2-5,10H2,1H3,(H,11,13)(H,14,15);7H,2-5,10H2,1H3,(H,12,13);6H,2-4,10H2,1H3,(H,14,15);7H,2-5,10H2,1H3,(H,12,13). The summed E-state index contributed by atoms with van der Waals surface area (Å²) in [5.41, 5.74) is 26.2. The van der Waals surface area contributed by atoms with E-state index < -0.39 is 129 Å². The Bertz CT molecular complexity index is 1890. The summed E-state index contributed by atoms with van der Waals surface area (Å²) in [6.45, 7) is 6.09. The maximum Gasteiger partial charge on any atom is 0.374 e. The fraction of sp³-hybridized carbons (Fsp3) is 0.630. The predicted molar refractivity (Wildman–Crippen MR) is 267 cm³/mol. The van der Waals surface area contributed by atoms with Crippen molar-refractivity contribution in [2.24, 2.45) is 28.7 Å². The molecule has 29 nitrogen and oxygen atoms in total. The number of nitrogens with two attached hydrogens (primary N) is 5. The summed E-state index contributed by atoms with van der Waals surface area (Å²) in [6, 6.07) is -4.55. The number of aliphatic carboxylic acids is 5. The molecule has 0 aliphatic heterocycles. The number of hydrogen-bond acceptors (Lipinski definition) is 24. The molecule has 0 aromatic carbocycles. The summed E-state index contributed by atoms with van der Waals surface area (Å²) in [5.74, 6) is -13.0. The number of nitrogens with one attached hydrogen (secondary N) is 1. The number of carboxylic acids is 5. The lowest BCUT2D eigenvalue weighted by Crippen LogP contribution is -2.31. The molecule has 5 atom stereocenters. The number of rotatable bonds is 36. The molecule has 0 aliphatic rings. The fourth-order valence-corrected chi connectivity index (χ4v) is 5.39. The van der Waals surface area contributed by atoms with Gasteiger partial charge in [0.15, 0.2) is 0 Å². The number of unbranched alkanes of at least 4 members (excludes halogenated alkanes) is 4. The molecule has 0 aromatic rings. The molecule has 432 valence electrons. The van der Waals surface area contributed by atoms with Crippen molar-refractivity contribution < 1.29 is 112 Å². The Labute approximate surface area is 441 Å². The van der Waals surface area contributed by atoms with E-state index in [2.05, 4.69) is 10.1 Å². The first-order valence-corrected chi connectivity index (χ1v) is 24.3. The van der Waals surface area contributed by atoms with Crippen LogP contribution in [0.3, 0.4) is 0 Å². The van der Waals surface area contributed by atoms with Gasteiger partial charge in [-0.1, -0.05) is 24.6 Å². The third-order valence-electron chi connectivity index (χ3n) is 9.23. The van der Waals surface area contributed by atoms with Crippen LogP contribution in [0.2, 0.25) is 0 Å². The maximum absolute atomic E-state index is 11.0. The van der Waals surface area contributed by atoms with E-state index in [4.69, 9.17) is 54.2 Å². The molecule has 0 aromatic heterocycles. The summed E-state index contributed by atoms with van der Waals surface area (Å²) in [6.07, 6.45) is 5.82. The van der Waals surface area contributed by atoms with Crippen LogP contribution >= 0.6 is 11.8 Å². The Morgan fingerprint density at radius 1 is 0.408 bits per heavy atom. The first-order valence-electron chi connectivity index (χ1n) is 23.3. The molecule has 0 rings (SSSR count). The highest BCUT2D eigenvalue weighted by atomic mass is 32.2. The lowest BCUT2D eigenvalue weighted by molar-refractivity contribution is -0.153. The van der Waals surface area contributed by atoms with Gasteiger partial charge in [0.1, 0.15) is 30.2 Å². The van der Waals surface area contributed by atoms with Gasteiger partial charge in [0, 0.05) is 59.8 Å². The summed E-state index contributed by atoms with van der Waals surface area (Å²) in [4.78, 5) is 180. The SMILES string of the molecule is CC(=O)C(=O)C(=O)CCCC(N)C(=O)O.CC(=O)C(=O)C(=O)CCCCC(N)C(=O)O.CC(=O)C(=O)NCCCCC(N)C(=O)O.CC(=O)C(=O)OCCCCC(N)C(=O)O.CC(=O)C(=O)SCCCCC(N)C(=O)O. The van der Waals surface area contributed by atoms with Crippen molar-refractivity contribution in [2.75, 3.05) is 18.9 Å². The minimum absolute atomic E-state index is 0.0370. The Morgan fingerprint density at radius 2 is 0.737 bits per heavy atom. The molecule has 0 heterocycles. The molecule has 0 radical (unpaired) electrons. The van der Waals surface area contributed by atoms with Crippen LogP contribution in [0.5, 0.6) is 0 Å². The summed E-state index contributed by atoms with van der Waals surface area (Å²) >= 11 is 0.968. The van der Waals surface area contributed by atoms with E-state index in [0.29, 0.717) is 82.9 Å². The maximum atomic E-state index is 11.0. The Morgan fingerprint density at radius 3 is 1.07 bits per heavy atom. The fourth-order valence-electron chi connectivity index (χ4n) is 4.65. The highest BCUT2D eigenvalue weighted by Crippen LogP contribution is 2.09. The van der Waals surface area contributed by atoms with E-state index >= 15 is 0 Å². The van der Waals surface area contributed by atoms with Crippen LogP contribution in [0.4, 0.5) is 0 Å². The highest BCUT2D eigenvalue weighted by molar-refractivity contribution is 8.15. The Hall–Kier alpha value is -6.86. The van der Waals surface area contributed by atoms with Gasteiger partial charge in [-0.05, 0) is 77.0 Å². The number of carbonyl (C=O) groups is 17. The lowest BCUT2D eigenvalue weighted by atomic mass is 10.0. The van der Waals surface area contributed by atoms with Crippen molar-refractivity contribution in [3.05, 3.63) is 0 Å². The number of ketones is 9. The number of thioether (sulfide) groups is 1. The van der Waals surface area contributed by atoms with E-state index in [-0.39, 0.29) is 38.7 Å². The number of carboxylic acid groups (broad SMARTS) is 5. The molecule has 0 saturated heterocycles. The van der Waals surface area contributed by atoms with Gasteiger partial charge in [0.05, 0.1) is 6.61 Å². The highest BCUT2D eigenvalue weighted by Gasteiger charge is 2.21. The van der Waals surface area contributed by atoms with Crippen molar-refractivity contribution in [2.45, 2.75) is 168 Å². The molecule has 76 heavy (non-hydrogen) atoms. The average molecular weight is 1110 g/mol. The number of carbonyl (C=O) groups excluding carboxylic acids is 12. The predicted octanol–water partition coefficient (Wildman–Crippen LogP) is -1.63. The zero-order valence-electron chi connectivity index (χ0n) is 43.2. The van der Waals surface area contributed by atoms with Crippen molar-refractivity contribution in [3.63, 3.8) is 0 Å². The minimum Gasteiger partial charge on any atom is -0.480 e. The normalized spacial score (nSPS) is 11.9. The van der Waals surface area contributed by atoms with E-state index in [1.165, 1.54) is 13.8 Å². The molecule has 0 fully saturated rings. The van der Waals surface area contributed by atoms with Crippen LogP contribution < -0.4 is 34.0 Å². The second kappa shape index (κ2) is 46.7. The number of esters is 1. The Balaban J connectivity index is -0.000000276. The largest absolute Gasteiger partial charge is 0.480 e. The zero-order chi connectivity index (χ0) is 60.3. The second-order valence-corrected chi connectivity index (χ2v) is 17.2. The van der Waals surface area contributed by atoms with E-state index in [9.17, 15) is 81.5 Å². The van der Waals surface area contributed by atoms with E-state index in [1.807, 2.05) is 0 Å². The second-order valence-electron chi connectivity index (χ2n) is 16.2. The third kappa shape index (κ3) is 48.1. The van der Waals surface area contributed by atoms with Crippen LogP contribution in [0.25, 0.3) is 0 Å². The van der Waals surface area contributed by atoms with Crippen molar-refractivity contribution in [1.82, 2.24) is 5.32 Å². The minimum atomic E-state index is -1.15. The average Bonchev–Trinajstić information content (AvgIpc) is 3.33. The molecule has 0 saturated carbocycles. The van der Waals surface area contributed by atoms with E-state index in [1.54, 1.807) is 0 Å². The van der Waals surface area contributed by atoms with Gasteiger partial charge in [-0.15, -0.1) is 0 Å². The smallest absolute Gasteiger partial charge is 0.374 e. The zero-order valence-corrected chi connectivity index (χ0v) is 44.0. The summed E-state index contributed by atoms with van der Waals surface area (Å²) in [5, 5.41) is 44.2. The molecule has 30 heteroatoms. The van der Waals surface area contributed by atoms with Gasteiger partial charge in [-0.3, -0.25) is 76.7 Å². The van der Waals surface area contributed by atoms with Gasteiger partial charge in [-0.2, -0.15) is 0 Å². The van der Waals surface area contributed by atoms with Gasteiger partial charge in [0.25, 0.3) is 22.6 Å². The van der Waals surface area contributed by atoms with Gasteiger partial charge in [-0.25, -0.2) is 4.79 Å². The lowest BCUT2D eigenvalue weighted by Gasteiger charge is -2.06. The number of ether oxygens (including phenoxy) is 1. The van der Waals surface area contributed by atoms with Crippen LogP contribution in [-0.4, -0.2) is 174 Å². The monoisotopic (exact) mass is 1110 g/mol. The van der Waals surface area contributed by atoms with Crippen molar-refractivity contribution in [1.29, 1.82) is 0 Å². The van der Waals surface area contributed by atoms with Crippen molar-refractivity contribution >= 4 is 111 Å². The summed E-state index contributed by atoms with van der Waals surface area (Å²) in [7, 11) is 0. The molecule has 0 spiro atoms. The number of hydrogen-bond donors (Lipinski definition) is 11. The molecule has 0 aliphatic carbocycles. The van der Waals surface area contributed by atoms with Crippen LogP contribution in [-0.2, 0) is 86.2 Å². The molecule has 5 unspecified atom stereocenters. The van der Waals surface area contributed by atoms with Crippen LogP contribution in [0, 0.1) is 0 Å². The quantitative estimate of drug-likeness (QED) is 0.0145. The van der Waals surface area contributed by atoms with E-state index in [0.717, 1.165) is 32.5 Å². The molecule has 1 amide bonds. The molecular weight excluding hydrogens is 1040 g/mol. The van der Waals surface area contributed by atoms with Crippen molar-refractivity contribution in [3.8, 4) is 0 Å². The third-order valence-corrected chi connectivity index (χ3v) is 10.3.